The summed E-state index contributed by atoms with van der Waals surface area (Å²) in [5.41, 5.74) is 4.51. The Morgan fingerprint density at radius 3 is 2.45 bits per heavy atom. The summed E-state index contributed by atoms with van der Waals surface area (Å²) in [6, 6.07) is 26.8. The number of hydrogen-bond acceptors (Lipinski definition) is 4. The molecule has 0 atom stereocenters. The highest BCUT2D eigenvalue weighted by molar-refractivity contribution is 7.07. The van der Waals surface area contributed by atoms with Crippen molar-refractivity contribution in [3.8, 4) is 22.8 Å². The van der Waals surface area contributed by atoms with Gasteiger partial charge >= 0.3 is 0 Å². The normalized spacial score (nSPS) is 13.0. The molecule has 0 aliphatic carbocycles. The van der Waals surface area contributed by atoms with Crippen LogP contribution in [0.25, 0.3) is 11.3 Å². The summed E-state index contributed by atoms with van der Waals surface area (Å²) in [4.78, 5) is 5.88. The average molecular weight is 401 g/mol. The molecule has 4 nitrogen and oxygen atoms in total. The summed E-state index contributed by atoms with van der Waals surface area (Å²) in [5.74, 6) is 1.60. The Morgan fingerprint density at radius 2 is 1.62 bits per heavy atom. The summed E-state index contributed by atoms with van der Waals surface area (Å²) in [6.45, 7) is 1.13. The number of aromatic nitrogens is 1. The number of ether oxygens (including phenoxy) is 2. The molecule has 0 radical (unpaired) electrons. The molecule has 0 amide bonds. The van der Waals surface area contributed by atoms with Crippen LogP contribution in [0.4, 0.5) is 5.69 Å². The van der Waals surface area contributed by atoms with Crippen molar-refractivity contribution in [1.82, 2.24) is 4.57 Å². The molecule has 1 aliphatic rings. The van der Waals surface area contributed by atoms with Gasteiger partial charge in [0.1, 0.15) is 0 Å². The van der Waals surface area contributed by atoms with Gasteiger partial charge in [-0.05, 0) is 42.3 Å². The summed E-state index contributed by atoms with van der Waals surface area (Å²) in [7, 11) is 0. The maximum atomic E-state index is 5.58. The van der Waals surface area contributed by atoms with Crippen molar-refractivity contribution in [1.29, 1.82) is 0 Å². The first-order valence-corrected chi connectivity index (χ1v) is 10.5. The van der Waals surface area contributed by atoms with Gasteiger partial charge in [-0.2, -0.15) is 0 Å². The highest BCUT2D eigenvalue weighted by atomic mass is 32.1. The summed E-state index contributed by atoms with van der Waals surface area (Å²) in [6.07, 6.45) is 0.942. The zero-order valence-electron chi connectivity index (χ0n) is 15.8. The Morgan fingerprint density at radius 1 is 0.862 bits per heavy atom. The molecule has 0 spiro atoms. The van der Waals surface area contributed by atoms with Crippen LogP contribution in [-0.4, -0.2) is 11.4 Å². The monoisotopic (exact) mass is 400 g/mol. The number of thiazole rings is 1. The van der Waals surface area contributed by atoms with Crippen LogP contribution in [-0.2, 0) is 13.0 Å². The molecule has 0 saturated carbocycles. The minimum Gasteiger partial charge on any atom is -0.454 e. The lowest BCUT2D eigenvalue weighted by molar-refractivity contribution is 0.174. The summed E-state index contributed by atoms with van der Waals surface area (Å²) >= 11 is 1.66. The first-order valence-electron chi connectivity index (χ1n) is 9.59. The van der Waals surface area contributed by atoms with Gasteiger partial charge in [-0.15, -0.1) is 11.3 Å². The van der Waals surface area contributed by atoms with Gasteiger partial charge in [0.05, 0.1) is 11.4 Å². The van der Waals surface area contributed by atoms with E-state index in [-0.39, 0.29) is 6.79 Å². The average Bonchev–Trinajstić information content (AvgIpc) is 3.40. The fourth-order valence-electron chi connectivity index (χ4n) is 3.42. The Balaban J connectivity index is 1.56. The third kappa shape index (κ3) is 3.82. The highest BCUT2D eigenvalue weighted by Gasteiger charge is 2.16. The van der Waals surface area contributed by atoms with Crippen LogP contribution in [0, 0.1) is 0 Å². The number of benzene rings is 3. The van der Waals surface area contributed by atoms with Gasteiger partial charge in [-0.3, -0.25) is 0 Å². The van der Waals surface area contributed by atoms with Gasteiger partial charge in [-0.25, -0.2) is 4.99 Å². The van der Waals surface area contributed by atoms with Gasteiger partial charge in [0.2, 0.25) is 6.79 Å². The van der Waals surface area contributed by atoms with E-state index in [0.29, 0.717) is 0 Å². The third-order valence-electron chi connectivity index (χ3n) is 4.91. The second-order valence-corrected chi connectivity index (χ2v) is 7.64. The Hall–Kier alpha value is -3.31. The van der Waals surface area contributed by atoms with Crippen LogP contribution >= 0.6 is 11.3 Å². The van der Waals surface area contributed by atoms with E-state index in [0.717, 1.165) is 46.2 Å². The quantitative estimate of drug-likeness (QED) is 0.448. The lowest BCUT2D eigenvalue weighted by Crippen LogP contribution is -2.17. The standard InChI is InChI=1S/C24H20N2O2S/c1-3-7-18(8-4-1)13-14-26-21(19-11-12-22-23(15-19)28-17-27-22)16-29-24(26)25-20-9-5-2-6-10-20/h1-12,15-16H,13-14,17H2. The molecule has 2 heterocycles. The molecule has 0 saturated heterocycles. The maximum absolute atomic E-state index is 5.58. The van der Waals surface area contributed by atoms with E-state index in [1.54, 1.807) is 11.3 Å². The van der Waals surface area contributed by atoms with Crippen LogP contribution in [0.15, 0.2) is 89.2 Å². The number of para-hydroxylation sites is 1. The van der Waals surface area contributed by atoms with Crippen LogP contribution in [0.2, 0.25) is 0 Å². The first-order chi connectivity index (χ1) is 14.4. The van der Waals surface area contributed by atoms with Crippen molar-refractivity contribution in [2.24, 2.45) is 4.99 Å². The summed E-state index contributed by atoms with van der Waals surface area (Å²) < 4.78 is 13.3. The molecule has 1 aliphatic heterocycles. The molecule has 144 valence electrons. The molecule has 5 heteroatoms. The molecule has 1 aromatic heterocycles. The largest absolute Gasteiger partial charge is 0.454 e. The van der Waals surface area contributed by atoms with E-state index in [2.05, 4.69) is 52.4 Å². The maximum Gasteiger partial charge on any atom is 0.231 e. The fraction of sp³-hybridized carbons (Fsp3) is 0.125. The third-order valence-corrected chi connectivity index (χ3v) is 5.78. The molecule has 0 unspecified atom stereocenters. The van der Waals surface area contributed by atoms with Crippen molar-refractivity contribution in [2.45, 2.75) is 13.0 Å². The topological polar surface area (TPSA) is 35.8 Å². The van der Waals surface area contributed by atoms with E-state index < -0.39 is 0 Å². The van der Waals surface area contributed by atoms with Crippen LogP contribution in [0.5, 0.6) is 11.5 Å². The predicted molar refractivity (Wildman–Crippen MR) is 116 cm³/mol. The van der Waals surface area contributed by atoms with Crippen molar-refractivity contribution in [2.75, 3.05) is 6.79 Å². The smallest absolute Gasteiger partial charge is 0.231 e. The molecule has 0 fully saturated rings. The van der Waals surface area contributed by atoms with Crippen molar-refractivity contribution in [3.05, 3.63) is 94.6 Å². The number of hydrogen-bond donors (Lipinski definition) is 0. The van der Waals surface area contributed by atoms with Crippen LogP contribution in [0.3, 0.4) is 0 Å². The second kappa shape index (κ2) is 7.97. The Labute approximate surface area is 173 Å². The molecular weight excluding hydrogens is 380 g/mol. The molecular formula is C24H20N2O2S. The zero-order chi connectivity index (χ0) is 19.5. The highest BCUT2D eigenvalue weighted by Crippen LogP contribution is 2.36. The van der Waals surface area contributed by atoms with Crippen molar-refractivity contribution < 1.29 is 9.47 Å². The van der Waals surface area contributed by atoms with Gasteiger partial charge in [-0.1, -0.05) is 48.5 Å². The van der Waals surface area contributed by atoms with Gasteiger partial charge in [0.25, 0.3) is 0 Å². The molecule has 0 bridgehead atoms. The number of fused-ring (bicyclic) bond motifs is 1. The molecule has 0 N–H and O–H groups in total. The lowest BCUT2D eigenvalue weighted by atomic mass is 10.1. The van der Waals surface area contributed by atoms with Gasteiger partial charge in [0.15, 0.2) is 16.3 Å². The van der Waals surface area contributed by atoms with E-state index in [9.17, 15) is 0 Å². The Kier molecular flexibility index (Phi) is 4.88. The summed E-state index contributed by atoms with van der Waals surface area (Å²) in [5, 5.41) is 2.17. The Bertz CT molecular complexity index is 1180. The van der Waals surface area contributed by atoms with E-state index in [4.69, 9.17) is 14.5 Å². The molecule has 4 aromatic rings. The minimum absolute atomic E-state index is 0.283. The molecule has 29 heavy (non-hydrogen) atoms. The fourth-order valence-corrected chi connectivity index (χ4v) is 4.38. The zero-order valence-corrected chi connectivity index (χ0v) is 16.6. The number of rotatable bonds is 5. The SMILES string of the molecule is c1ccc(CCn2c(-c3ccc4c(c3)OCO4)csc2=Nc2ccccc2)cc1. The van der Waals surface area contributed by atoms with Gasteiger partial charge in [0, 0.05) is 17.5 Å². The van der Waals surface area contributed by atoms with Crippen LogP contribution in [0.1, 0.15) is 5.56 Å². The number of aryl methyl sites for hydroxylation is 1. The van der Waals surface area contributed by atoms with Gasteiger partial charge < -0.3 is 14.0 Å². The molecule has 3 aromatic carbocycles. The van der Waals surface area contributed by atoms with Crippen molar-refractivity contribution >= 4 is 17.0 Å². The van der Waals surface area contributed by atoms with E-state index >= 15 is 0 Å². The minimum atomic E-state index is 0.283. The van der Waals surface area contributed by atoms with Crippen molar-refractivity contribution in [3.63, 3.8) is 0 Å². The first kappa shape index (κ1) is 17.8. The number of nitrogens with zero attached hydrogens (tertiary/aromatic N) is 2. The van der Waals surface area contributed by atoms with E-state index in [1.807, 2.05) is 36.4 Å². The van der Waals surface area contributed by atoms with Crippen LogP contribution < -0.4 is 14.3 Å². The van der Waals surface area contributed by atoms with E-state index in [1.165, 1.54) is 5.56 Å². The predicted octanol–water partition coefficient (Wildman–Crippen LogP) is 5.42. The second-order valence-electron chi connectivity index (χ2n) is 6.81. The lowest BCUT2D eigenvalue weighted by Gasteiger charge is -2.10. The molecule has 5 rings (SSSR count).